The minimum atomic E-state index is 0.895. The number of rotatable bonds is 4. The van der Waals surface area contributed by atoms with Crippen LogP contribution >= 0.6 is 0 Å². The Labute approximate surface area is 153 Å². The standard InChI is InChI=1S/C21H22N4O/c1-26-19-9-5-8-18(14-19)24-10-12-25(13-11-24)21-16-22-15-20(23-21)17-6-3-2-4-7-17/h2-9,14-16H,10-13H2,1H3. The van der Waals surface area contributed by atoms with Gasteiger partial charge in [-0.25, -0.2) is 4.98 Å². The van der Waals surface area contributed by atoms with Crippen LogP contribution in [0, 0.1) is 0 Å². The average molecular weight is 346 g/mol. The smallest absolute Gasteiger partial charge is 0.147 e. The predicted molar refractivity (Wildman–Crippen MR) is 105 cm³/mol. The van der Waals surface area contributed by atoms with Crippen LogP contribution in [0.15, 0.2) is 67.0 Å². The summed E-state index contributed by atoms with van der Waals surface area (Å²) in [6.07, 6.45) is 3.68. The van der Waals surface area contributed by atoms with E-state index in [-0.39, 0.29) is 0 Å². The molecule has 0 spiro atoms. The third-order valence-corrected chi connectivity index (χ3v) is 4.71. The molecule has 0 unspecified atom stereocenters. The van der Waals surface area contributed by atoms with E-state index >= 15 is 0 Å². The largest absolute Gasteiger partial charge is 0.497 e. The second-order valence-electron chi connectivity index (χ2n) is 6.30. The fourth-order valence-corrected chi connectivity index (χ4v) is 3.26. The predicted octanol–water partition coefficient (Wildman–Crippen LogP) is 3.48. The van der Waals surface area contributed by atoms with Crippen molar-refractivity contribution in [3.63, 3.8) is 0 Å². The van der Waals surface area contributed by atoms with Gasteiger partial charge in [0.05, 0.1) is 25.2 Å². The molecule has 5 heteroatoms. The summed E-state index contributed by atoms with van der Waals surface area (Å²) in [7, 11) is 1.70. The second-order valence-corrected chi connectivity index (χ2v) is 6.30. The van der Waals surface area contributed by atoms with Crippen LogP contribution in [0.3, 0.4) is 0 Å². The summed E-state index contributed by atoms with van der Waals surface area (Å²) in [6.45, 7) is 3.74. The van der Waals surface area contributed by atoms with Gasteiger partial charge in [0.25, 0.3) is 0 Å². The molecular formula is C21H22N4O. The van der Waals surface area contributed by atoms with Crippen molar-refractivity contribution in [2.45, 2.75) is 0 Å². The summed E-state index contributed by atoms with van der Waals surface area (Å²) >= 11 is 0. The van der Waals surface area contributed by atoms with E-state index < -0.39 is 0 Å². The lowest BCUT2D eigenvalue weighted by Gasteiger charge is -2.36. The monoisotopic (exact) mass is 346 g/mol. The highest BCUT2D eigenvalue weighted by Gasteiger charge is 2.19. The molecule has 132 valence electrons. The quantitative estimate of drug-likeness (QED) is 0.723. The molecule has 1 aliphatic heterocycles. The molecule has 0 aliphatic carbocycles. The first-order chi connectivity index (χ1) is 12.8. The minimum absolute atomic E-state index is 0.895. The number of hydrogen-bond donors (Lipinski definition) is 0. The molecule has 1 aromatic heterocycles. The van der Waals surface area contributed by atoms with Crippen LogP contribution in [0.25, 0.3) is 11.3 Å². The zero-order valence-electron chi connectivity index (χ0n) is 14.9. The number of methoxy groups -OCH3 is 1. The van der Waals surface area contributed by atoms with E-state index in [1.54, 1.807) is 7.11 Å². The van der Waals surface area contributed by atoms with Crippen LogP contribution in [0.4, 0.5) is 11.5 Å². The van der Waals surface area contributed by atoms with Gasteiger partial charge in [-0.1, -0.05) is 36.4 Å². The molecule has 1 saturated heterocycles. The lowest BCUT2D eigenvalue weighted by molar-refractivity contribution is 0.414. The molecule has 1 fully saturated rings. The van der Waals surface area contributed by atoms with Gasteiger partial charge in [0.15, 0.2) is 0 Å². The summed E-state index contributed by atoms with van der Waals surface area (Å²) in [6, 6.07) is 18.4. The number of benzene rings is 2. The molecule has 2 aromatic carbocycles. The van der Waals surface area contributed by atoms with E-state index in [9.17, 15) is 0 Å². The summed E-state index contributed by atoms with van der Waals surface area (Å²) in [4.78, 5) is 13.9. The topological polar surface area (TPSA) is 41.5 Å². The average Bonchev–Trinajstić information content (AvgIpc) is 2.75. The molecular weight excluding hydrogens is 324 g/mol. The Morgan fingerprint density at radius 3 is 2.38 bits per heavy atom. The molecule has 26 heavy (non-hydrogen) atoms. The molecule has 0 saturated carbocycles. The molecule has 1 aliphatic rings. The van der Waals surface area contributed by atoms with Crippen LogP contribution in [0.5, 0.6) is 5.75 Å². The van der Waals surface area contributed by atoms with E-state index in [0.29, 0.717) is 0 Å². The van der Waals surface area contributed by atoms with Crippen LogP contribution in [0.1, 0.15) is 0 Å². The first-order valence-corrected chi connectivity index (χ1v) is 8.85. The van der Waals surface area contributed by atoms with Crippen molar-refractivity contribution in [2.75, 3.05) is 43.1 Å². The van der Waals surface area contributed by atoms with Gasteiger partial charge in [0.1, 0.15) is 11.6 Å². The number of aromatic nitrogens is 2. The van der Waals surface area contributed by atoms with Crippen LogP contribution < -0.4 is 14.5 Å². The Hall–Kier alpha value is -3.08. The van der Waals surface area contributed by atoms with Gasteiger partial charge in [0, 0.05) is 43.5 Å². The van der Waals surface area contributed by atoms with Crippen LogP contribution in [0.2, 0.25) is 0 Å². The van der Waals surface area contributed by atoms with Crippen molar-refractivity contribution in [1.82, 2.24) is 9.97 Å². The SMILES string of the molecule is COc1cccc(N2CCN(c3cncc(-c4ccccc4)n3)CC2)c1. The van der Waals surface area contributed by atoms with Crippen molar-refractivity contribution in [1.29, 1.82) is 0 Å². The van der Waals surface area contributed by atoms with Crippen molar-refractivity contribution >= 4 is 11.5 Å². The Bertz CT molecular complexity index is 861. The van der Waals surface area contributed by atoms with Gasteiger partial charge in [-0.3, -0.25) is 4.98 Å². The molecule has 0 radical (unpaired) electrons. The van der Waals surface area contributed by atoms with Gasteiger partial charge in [0.2, 0.25) is 0 Å². The van der Waals surface area contributed by atoms with E-state index in [1.165, 1.54) is 5.69 Å². The fourth-order valence-electron chi connectivity index (χ4n) is 3.26. The molecule has 0 amide bonds. The molecule has 0 atom stereocenters. The normalized spacial score (nSPS) is 14.3. The molecule has 0 bridgehead atoms. The zero-order valence-corrected chi connectivity index (χ0v) is 14.9. The van der Waals surface area contributed by atoms with E-state index in [0.717, 1.165) is 49.0 Å². The zero-order chi connectivity index (χ0) is 17.8. The molecule has 5 nitrogen and oxygen atoms in total. The van der Waals surface area contributed by atoms with Gasteiger partial charge in [-0.2, -0.15) is 0 Å². The van der Waals surface area contributed by atoms with E-state index in [1.807, 2.05) is 42.7 Å². The fraction of sp³-hybridized carbons (Fsp3) is 0.238. The van der Waals surface area contributed by atoms with Crippen molar-refractivity contribution in [3.8, 4) is 17.0 Å². The summed E-state index contributed by atoms with van der Waals surface area (Å²) < 4.78 is 5.34. The Morgan fingerprint density at radius 2 is 1.62 bits per heavy atom. The van der Waals surface area contributed by atoms with E-state index in [4.69, 9.17) is 9.72 Å². The minimum Gasteiger partial charge on any atom is -0.497 e. The summed E-state index contributed by atoms with van der Waals surface area (Å²) in [5, 5.41) is 0. The second kappa shape index (κ2) is 7.44. The molecule has 3 aromatic rings. The van der Waals surface area contributed by atoms with Gasteiger partial charge < -0.3 is 14.5 Å². The Kier molecular flexibility index (Phi) is 4.69. The highest BCUT2D eigenvalue weighted by Crippen LogP contribution is 2.24. The third kappa shape index (κ3) is 3.47. The number of piperazine rings is 1. The van der Waals surface area contributed by atoms with Crippen LogP contribution in [-0.2, 0) is 0 Å². The maximum atomic E-state index is 5.34. The van der Waals surface area contributed by atoms with Crippen molar-refractivity contribution < 1.29 is 4.74 Å². The maximum absolute atomic E-state index is 5.34. The first kappa shape index (κ1) is 16.4. The van der Waals surface area contributed by atoms with E-state index in [2.05, 4.69) is 39.0 Å². The third-order valence-electron chi connectivity index (χ3n) is 4.71. The molecule has 4 rings (SSSR count). The first-order valence-electron chi connectivity index (χ1n) is 8.85. The Balaban J connectivity index is 1.46. The lowest BCUT2D eigenvalue weighted by atomic mass is 10.2. The molecule has 2 heterocycles. The number of hydrogen-bond acceptors (Lipinski definition) is 5. The van der Waals surface area contributed by atoms with Gasteiger partial charge >= 0.3 is 0 Å². The lowest BCUT2D eigenvalue weighted by Crippen LogP contribution is -2.46. The Morgan fingerprint density at radius 1 is 0.846 bits per heavy atom. The summed E-state index contributed by atoms with van der Waals surface area (Å²) in [5.74, 6) is 1.84. The number of anilines is 2. The highest BCUT2D eigenvalue weighted by atomic mass is 16.5. The molecule has 0 N–H and O–H groups in total. The van der Waals surface area contributed by atoms with Gasteiger partial charge in [-0.15, -0.1) is 0 Å². The van der Waals surface area contributed by atoms with Crippen molar-refractivity contribution in [2.24, 2.45) is 0 Å². The van der Waals surface area contributed by atoms with Crippen LogP contribution in [-0.4, -0.2) is 43.3 Å². The maximum Gasteiger partial charge on any atom is 0.147 e. The van der Waals surface area contributed by atoms with Crippen molar-refractivity contribution in [3.05, 3.63) is 67.0 Å². The van der Waals surface area contributed by atoms with Gasteiger partial charge in [-0.05, 0) is 12.1 Å². The number of nitrogens with zero attached hydrogens (tertiary/aromatic N) is 4. The number of ether oxygens (including phenoxy) is 1. The highest BCUT2D eigenvalue weighted by molar-refractivity contribution is 5.60. The summed E-state index contributed by atoms with van der Waals surface area (Å²) in [5.41, 5.74) is 3.21.